The van der Waals surface area contributed by atoms with Gasteiger partial charge >= 0.3 is 18.0 Å². The summed E-state index contributed by atoms with van der Waals surface area (Å²) in [4.78, 5) is 19.3. The summed E-state index contributed by atoms with van der Waals surface area (Å²) in [5, 5.41) is 2.64. The number of benzene rings is 1. The fourth-order valence-corrected chi connectivity index (χ4v) is 5.38. The molecule has 5 nitrogen and oxygen atoms in total. The van der Waals surface area contributed by atoms with E-state index < -0.39 is 33.6 Å². The second kappa shape index (κ2) is 10.6. The maximum absolute atomic E-state index is 14.6. The molecule has 0 unspecified atom stereocenters. The van der Waals surface area contributed by atoms with Crippen molar-refractivity contribution in [1.29, 1.82) is 0 Å². The number of alkyl halides is 7. The maximum atomic E-state index is 14.6. The van der Waals surface area contributed by atoms with E-state index in [1.54, 1.807) is 0 Å². The number of hydrogen-bond acceptors (Lipinski definition) is 3. The first kappa shape index (κ1) is 29.9. The van der Waals surface area contributed by atoms with Gasteiger partial charge < -0.3 is 4.90 Å². The summed E-state index contributed by atoms with van der Waals surface area (Å²) in [6.07, 6.45) is -3.62. The van der Waals surface area contributed by atoms with Crippen LogP contribution < -0.4 is 0 Å². The molecule has 2 aromatic heterocycles. The first-order valence-electron chi connectivity index (χ1n) is 12.5. The standard InChI is InChI=1S/C26H20Cl3F7N4O/c27-19-8-16(24(30,25(31,32)33)26(34,35)36)9-20(28)21(19)40-12-15(11-38-40)14-7-18(22(29)37-10-14)23(41)39(17-3-4-17)6-5-13-1-2-13/h7-13,17H,1-6H2. The normalized spacial score (nSPS) is 16.2. The van der Waals surface area contributed by atoms with Gasteiger partial charge in [-0.15, -0.1) is 0 Å². The highest BCUT2D eigenvalue weighted by Gasteiger charge is 2.73. The third-order valence-corrected chi connectivity index (χ3v) is 8.01. The van der Waals surface area contributed by atoms with Gasteiger partial charge in [-0.3, -0.25) is 4.79 Å². The van der Waals surface area contributed by atoms with Gasteiger partial charge in [-0.25, -0.2) is 14.1 Å². The highest BCUT2D eigenvalue weighted by Crippen LogP contribution is 2.54. The molecule has 2 aliphatic carbocycles. The summed E-state index contributed by atoms with van der Waals surface area (Å²) in [5.74, 6) is 0.372. The summed E-state index contributed by atoms with van der Waals surface area (Å²) in [6, 6.07) is 2.09. The van der Waals surface area contributed by atoms with Gasteiger partial charge in [0.05, 0.1) is 21.8 Å². The molecule has 2 heterocycles. The van der Waals surface area contributed by atoms with E-state index in [0.29, 0.717) is 23.6 Å². The minimum Gasteiger partial charge on any atom is -0.336 e. The Morgan fingerprint density at radius 3 is 2.05 bits per heavy atom. The molecule has 0 aliphatic heterocycles. The number of amides is 1. The van der Waals surface area contributed by atoms with Crippen LogP contribution in [0.25, 0.3) is 16.8 Å². The average Bonchev–Trinajstić information content (AvgIpc) is 3.81. The molecular weight excluding hydrogens is 624 g/mol. The van der Waals surface area contributed by atoms with Gasteiger partial charge in [-0.1, -0.05) is 47.6 Å². The number of hydrogen-bond donors (Lipinski definition) is 0. The first-order valence-corrected chi connectivity index (χ1v) is 13.6. The molecule has 41 heavy (non-hydrogen) atoms. The van der Waals surface area contributed by atoms with Crippen LogP contribution in [0.4, 0.5) is 30.7 Å². The van der Waals surface area contributed by atoms with Gasteiger partial charge in [0, 0.05) is 41.7 Å². The van der Waals surface area contributed by atoms with Crippen molar-refractivity contribution in [1.82, 2.24) is 19.7 Å². The largest absolute Gasteiger partial charge is 0.435 e. The number of rotatable bonds is 8. The monoisotopic (exact) mass is 642 g/mol. The zero-order valence-corrected chi connectivity index (χ0v) is 23.1. The summed E-state index contributed by atoms with van der Waals surface area (Å²) in [7, 11) is 0. The second-order valence-corrected chi connectivity index (χ2v) is 11.3. The van der Waals surface area contributed by atoms with E-state index in [0.717, 1.165) is 36.8 Å². The van der Waals surface area contributed by atoms with Gasteiger partial charge in [0.2, 0.25) is 0 Å². The van der Waals surface area contributed by atoms with E-state index in [4.69, 9.17) is 34.8 Å². The number of carbonyl (C=O) groups excluding carboxylic acids is 1. The third-order valence-electron chi connectivity index (χ3n) is 7.13. The fourth-order valence-electron chi connectivity index (χ4n) is 4.54. The Balaban J connectivity index is 1.45. The first-order chi connectivity index (χ1) is 19.1. The number of pyridine rings is 1. The summed E-state index contributed by atoms with van der Waals surface area (Å²) < 4.78 is 94.9. The van der Waals surface area contributed by atoms with Crippen LogP contribution in [0, 0.1) is 5.92 Å². The van der Waals surface area contributed by atoms with Crippen molar-refractivity contribution in [2.45, 2.75) is 56.2 Å². The van der Waals surface area contributed by atoms with E-state index in [1.807, 2.05) is 4.90 Å². The molecule has 5 rings (SSSR count). The third kappa shape index (κ3) is 5.75. The fraction of sp³-hybridized carbons (Fsp3) is 0.423. The zero-order valence-electron chi connectivity index (χ0n) is 20.8. The molecule has 1 aromatic carbocycles. The van der Waals surface area contributed by atoms with Gasteiger partial charge in [-0.2, -0.15) is 31.4 Å². The lowest BCUT2D eigenvalue weighted by Gasteiger charge is -2.30. The highest BCUT2D eigenvalue weighted by atomic mass is 35.5. The Morgan fingerprint density at radius 1 is 0.902 bits per heavy atom. The van der Waals surface area contributed by atoms with Crippen LogP contribution in [0.3, 0.4) is 0 Å². The van der Waals surface area contributed by atoms with Crippen molar-refractivity contribution < 1.29 is 35.5 Å². The number of halogens is 10. The average molecular weight is 644 g/mol. The van der Waals surface area contributed by atoms with Crippen LogP contribution in [0.2, 0.25) is 15.2 Å². The predicted molar refractivity (Wildman–Crippen MR) is 138 cm³/mol. The van der Waals surface area contributed by atoms with Crippen LogP contribution >= 0.6 is 34.8 Å². The lowest BCUT2D eigenvalue weighted by molar-refractivity contribution is -0.348. The molecule has 15 heteroatoms. The summed E-state index contributed by atoms with van der Waals surface area (Å²) >= 11 is 18.3. The second-order valence-electron chi connectivity index (χ2n) is 10.1. The van der Waals surface area contributed by atoms with E-state index in [9.17, 15) is 35.5 Å². The predicted octanol–water partition coefficient (Wildman–Crippen LogP) is 8.59. The van der Waals surface area contributed by atoms with E-state index in [1.165, 1.54) is 24.7 Å². The number of aromatic nitrogens is 3. The quantitative estimate of drug-likeness (QED) is 0.183. The molecule has 1 amide bonds. The zero-order chi connectivity index (χ0) is 29.9. The maximum Gasteiger partial charge on any atom is 0.435 e. The number of carbonyl (C=O) groups is 1. The molecule has 0 spiro atoms. The van der Waals surface area contributed by atoms with Gasteiger partial charge in [0.25, 0.3) is 5.91 Å². The smallest absolute Gasteiger partial charge is 0.336 e. The van der Waals surface area contributed by atoms with Crippen molar-refractivity contribution in [2.75, 3.05) is 6.54 Å². The molecule has 0 saturated heterocycles. The lowest BCUT2D eigenvalue weighted by atomic mass is 9.94. The molecule has 0 bridgehead atoms. The van der Waals surface area contributed by atoms with Crippen molar-refractivity contribution in [3.63, 3.8) is 0 Å². The van der Waals surface area contributed by atoms with Crippen LogP contribution in [0.5, 0.6) is 0 Å². The van der Waals surface area contributed by atoms with E-state index in [-0.39, 0.29) is 40.5 Å². The van der Waals surface area contributed by atoms with Gasteiger partial charge in [0.1, 0.15) is 10.8 Å². The van der Waals surface area contributed by atoms with Crippen LogP contribution in [0.1, 0.15) is 48.0 Å². The molecular formula is C26H20Cl3F7N4O. The van der Waals surface area contributed by atoms with Crippen LogP contribution in [-0.2, 0) is 5.67 Å². The topological polar surface area (TPSA) is 51.0 Å². The Hall–Kier alpha value is -2.57. The summed E-state index contributed by atoms with van der Waals surface area (Å²) in [6.45, 7) is 0.614. The molecule has 0 radical (unpaired) electrons. The Morgan fingerprint density at radius 2 is 1.51 bits per heavy atom. The SMILES string of the molecule is O=C(c1cc(-c2cnn(-c3c(Cl)cc(C(F)(C(F)(F)F)C(F)(F)F)cc3Cl)c2)cnc1Cl)N(CCC1CC1)C1CC1. The highest BCUT2D eigenvalue weighted by molar-refractivity contribution is 6.38. The molecule has 3 aromatic rings. The lowest BCUT2D eigenvalue weighted by Crippen LogP contribution is -2.50. The Kier molecular flexibility index (Phi) is 7.74. The van der Waals surface area contributed by atoms with Gasteiger partial charge in [0.15, 0.2) is 0 Å². The molecule has 0 atom stereocenters. The molecule has 2 aliphatic rings. The van der Waals surface area contributed by atoms with Crippen LogP contribution in [0.15, 0.2) is 36.8 Å². The molecule has 220 valence electrons. The van der Waals surface area contributed by atoms with Crippen molar-refractivity contribution in [3.8, 4) is 16.8 Å². The van der Waals surface area contributed by atoms with Crippen molar-refractivity contribution in [3.05, 3.63) is 63.1 Å². The van der Waals surface area contributed by atoms with Gasteiger partial charge in [-0.05, 0) is 43.4 Å². The van der Waals surface area contributed by atoms with Crippen molar-refractivity contribution in [2.24, 2.45) is 5.92 Å². The Bertz CT molecular complexity index is 1450. The van der Waals surface area contributed by atoms with E-state index in [2.05, 4.69) is 10.1 Å². The Labute approximate surface area is 244 Å². The van der Waals surface area contributed by atoms with Crippen molar-refractivity contribution >= 4 is 40.7 Å². The van der Waals surface area contributed by atoms with Crippen LogP contribution in [-0.4, -0.2) is 50.5 Å². The minimum absolute atomic E-state index is 0.00827. The minimum atomic E-state index is -6.33. The van der Waals surface area contributed by atoms with E-state index >= 15 is 0 Å². The molecule has 0 N–H and O–H groups in total. The number of nitrogens with zero attached hydrogens (tertiary/aromatic N) is 4. The molecule has 2 fully saturated rings. The molecule has 2 saturated carbocycles. The summed E-state index contributed by atoms with van der Waals surface area (Å²) in [5.41, 5.74) is -6.86.